The molecular weight excluding hydrogens is 460 g/mol. The Hall–Kier alpha value is -2.86. The monoisotopic (exact) mass is 486 g/mol. The van der Waals surface area contributed by atoms with Crippen LogP contribution >= 0.6 is 0 Å². The molecule has 10 heteroatoms. The minimum absolute atomic E-state index is 0.194. The van der Waals surface area contributed by atoms with Crippen molar-refractivity contribution in [1.82, 2.24) is 0 Å². The summed E-state index contributed by atoms with van der Waals surface area (Å²) in [5.74, 6) is -1.21. The maximum Gasteiger partial charge on any atom is 0.340 e. The predicted molar refractivity (Wildman–Crippen MR) is 117 cm³/mol. The lowest BCUT2D eigenvalue weighted by Crippen LogP contribution is -2.51. The van der Waals surface area contributed by atoms with Gasteiger partial charge < -0.3 is 38.3 Å². The van der Waals surface area contributed by atoms with Crippen LogP contribution in [0.4, 0.5) is 0 Å². The van der Waals surface area contributed by atoms with Crippen molar-refractivity contribution in [2.75, 3.05) is 13.4 Å². The van der Waals surface area contributed by atoms with E-state index in [1.807, 2.05) is 6.92 Å². The lowest BCUT2D eigenvalue weighted by molar-refractivity contribution is -0.296. The van der Waals surface area contributed by atoms with Gasteiger partial charge in [-0.3, -0.25) is 0 Å². The number of aliphatic hydroxyl groups excluding tert-OH is 1. The number of hydrogen-bond acceptors (Lipinski definition) is 10. The Morgan fingerprint density at radius 3 is 2.06 bits per heavy atom. The predicted octanol–water partition coefficient (Wildman–Crippen LogP) is 2.23. The van der Waals surface area contributed by atoms with E-state index < -0.39 is 62.0 Å². The van der Waals surface area contributed by atoms with Crippen molar-refractivity contribution in [3.05, 3.63) is 70.8 Å². The van der Waals surface area contributed by atoms with Gasteiger partial charge in [0.2, 0.25) is 6.79 Å². The van der Waals surface area contributed by atoms with Gasteiger partial charge in [0.1, 0.15) is 24.4 Å². The Balaban J connectivity index is 1.13. The molecule has 3 heterocycles. The zero-order valence-corrected chi connectivity index (χ0v) is 19.2. The summed E-state index contributed by atoms with van der Waals surface area (Å²) in [5, 5.41) is 9.56. The second-order valence-corrected chi connectivity index (χ2v) is 8.53. The third-order valence-electron chi connectivity index (χ3n) is 6.09. The van der Waals surface area contributed by atoms with Crippen LogP contribution in [-0.2, 0) is 33.2 Å². The summed E-state index contributed by atoms with van der Waals surface area (Å²) in [6.07, 6.45) is -3.77. The number of rotatable bonds is 6. The Morgan fingerprint density at radius 2 is 1.43 bits per heavy atom. The van der Waals surface area contributed by atoms with Crippen molar-refractivity contribution < 1.29 is 47.9 Å². The number of fused-ring (bicyclic) bond motifs is 3. The molecule has 3 saturated heterocycles. The van der Waals surface area contributed by atoms with Crippen LogP contribution in [0, 0.1) is 6.92 Å². The van der Waals surface area contributed by atoms with Crippen molar-refractivity contribution in [2.45, 2.75) is 57.1 Å². The highest BCUT2D eigenvalue weighted by Gasteiger charge is 2.58. The van der Waals surface area contributed by atoms with Crippen LogP contribution in [0.25, 0.3) is 0 Å². The highest BCUT2D eigenvalue weighted by Crippen LogP contribution is 2.43. The molecular formula is C25H26O10. The number of carbonyl (C=O) groups is 2. The first-order valence-electron chi connectivity index (χ1n) is 11.3. The third-order valence-corrected chi connectivity index (χ3v) is 6.09. The smallest absolute Gasteiger partial charge is 0.340 e. The first-order valence-corrected chi connectivity index (χ1v) is 11.3. The molecule has 3 fully saturated rings. The van der Waals surface area contributed by atoms with Gasteiger partial charge in [-0.1, -0.05) is 29.8 Å². The summed E-state index contributed by atoms with van der Waals surface area (Å²) >= 11 is 0. The van der Waals surface area contributed by atoms with E-state index in [0.29, 0.717) is 11.1 Å². The molecule has 0 amide bonds. The van der Waals surface area contributed by atoms with E-state index >= 15 is 0 Å². The lowest BCUT2D eigenvalue weighted by Gasteiger charge is -2.37. The van der Waals surface area contributed by atoms with Crippen LogP contribution in [0.1, 0.15) is 45.1 Å². The molecule has 7 unspecified atom stereocenters. The van der Waals surface area contributed by atoms with Gasteiger partial charge >= 0.3 is 11.9 Å². The maximum absolute atomic E-state index is 12.3. The summed E-state index contributed by atoms with van der Waals surface area (Å²) in [7, 11) is 0. The number of hydrogen-bond donors (Lipinski definition) is 1. The molecule has 0 aromatic heterocycles. The Kier molecular flexibility index (Phi) is 6.83. The number of aliphatic hydroxyl groups is 1. The van der Waals surface area contributed by atoms with Gasteiger partial charge in [0, 0.05) is 5.56 Å². The van der Waals surface area contributed by atoms with Gasteiger partial charge in [-0.2, -0.15) is 0 Å². The molecule has 0 bridgehead atoms. The van der Waals surface area contributed by atoms with Crippen LogP contribution in [-0.4, -0.2) is 67.4 Å². The molecule has 35 heavy (non-hydrogen) atoms. The quantitative estimate of drug-likeness (QED) is 0.481. The topological polar surface area (TPSA) is 119 Å². The maximum atomic E-state index is 12.3. The molecule has 10 nitrogen and oxygen atoms in total. The number of aryl methyl sites for hydroxylation is 1. The zero-order valence-electron chi connectivity index (χ0n) is 19.2. The van der Waals surface area contributed by atoms with Gasteiger partial charge in [-0.15, -0.1) is 0 Å². The molecule has 0 radical (unpaired) electrons. The molecule has 0 aliphatic carbocycles. The molecule has 7 atom stereocenters. The Morgan fingerprint density at radius 1 is 0.800 bits per heavy atom. The molecule has 1 N–H and O–H groups in total. The van der Waals surface area contributed by atoms with Crippen molar-refractivity contribution in [3.8, 4) is 0 Å². The fourth-order valence-corrected chi connectivity index (χ4v) is 4.30. The molecule has 3 aliphatic heterocycles. The molecule has 3 aliphatic rings. The van der Waals surface area contributed by atoms with Crippen molar-refractivity contribution in [2.24, 2.45) is 0 Å². The van der Waals surface area contributed by atoms with E-state index in [1.54, 1.807) is 55.5 Å². The van der Waals surface area contributed by atoms with E-state index in [4.69, 9.17) is 33.2 Å². The molecule has 0 spiro atoms. The average molecular weight is 486 g/mol. The molecule has 186 valence electrons. The van der Waals surface area contributed by atoms with Crippen molar-refractivity contribution in [1.29, 1.82) is 0 Å². The second kappa shape index (κ2) is 10.0. The largest absolute Gasteiger partial charge is 0.424 e. The summed E-state index contributed by atoms with van der Waals surface area (Å²) in [6.45, 7) is 2.97. The van der Waals surface area contributed by atoms with Gasteiger partial charge in [-0.05, 0) is 38.1 Å². The van der Waals surface area contributed by atoms with Crippen LogP contribution < -0.4 is 0 Å². The highest BCUT2D eigenvalue weighted by atomic mass is 16.8. The number of esters is 2. The zero-order chi connectivity index (χ0) is 24.5. The first kappa shape index (κ1) is 23.9. The summed E-state index contributed by atoms with van der Waals surface area (Å²) in [6, 6.07) is 13.4. The highest BCUT2D eigenvalue weighted by molar-refractivity contribution is 5.90. The summed E-state index contributed by atoms with van der Waals surface area (Å²) in [4.78, 5) is 24.3. The second-order valence-electron chi connectivity index (χ2n) is 8.53. The van der Waals surface area contributed by atoms with Gasteiger partial charge in [0.05, 0.1) is 17.7 Å². The van der Waals surface area contributed by atoms with E-state index in [1.165, 1.54) is 0 Å². The third kappa shape index (κ3) is 4.94. The Bertz CT molecular complexity index is 1050. The van der Waals surface area contributed by atoms with Crippen LogP contribution in [0.3, 0.4) is 0 Å². The first-order chi connectivity index (χ1) is 16.9. The van der Waals surface area contributed by atoms with E-state index in [9.17, 15) is 14.7 Å². The fourth-order valence-electron chi connectivity index (χ4n) is 4.30. The summed E-state index contributed by atoms with van der Waals surface area (Å²) < 4.78 is 39.2. The van der Waals surface area contributed by atoms with E-state index in [0.717, 1.165) is 5.56 Å². The van der Waals surface area contributed by atoms with E-state index in [-0.39, 0.29) is 12.2 Å². The van der Waals surface area contributed by atoms with Crippen LogP contribution in [0.5, 0.6) is 0 Å². The molecule has 0 saturated carbocycles. The average Bonchev–Trinajstić information content (AvgIpc) is 3.43. The van der Waals surface area contributed by atoms with Crippen molar-refractivity contribution in [3.63, 3.8) is 0 Å². The fraction of sp³-hybridized carbons (Fsp3) is 0.440. The molecule has 2 aromatic carbocycles. The number of carbonyl (C=O) groups excluding carboxylic acids is 2. The number of benzene rings is 2. The lowest BCUT2D eigenvalue weighted by atomic mass is 10.0. The van der Waals surface area contributed by atoms with Gasteiger partial charge in [0.15, 0.2) is 18.9 Å². The van der Waals surface area contributed by atoms with Crippen LogP contribution in [0.2, 0.25) is 0 Å². The standard InChI is InChI=1S/C25H26O10/c1-13-3-5-15(6-4-13)22(27)29-12-30-23(28)16-7-9-17(10-8-16)24-34-21-20-19(33-25(21)35-24)18(11-26)31-14(2)32-20/h3-10,14,18-21,24-26H,11-12H2,1-2H3. The minimum atomic E-state index is -0.708. The minimum Gasteiger partial charge on any atom is -0.424 e. The van der Waals surface area contributed by atoms with Gasteiger partial charge in [-0.25, -0.2) is 9.59 Å². The molecule has 5 rings (SSSR count). The summed E-state index contributed by atoms with van der Waals surface area (Å²) in [5.41, 5.74) is 2.36. The normalized spacial score (nSPS) is 31.5. The van der Waals surface area contributed by atoms with Crippen LogP contribution in [0.15, 0.2) is 48.5 Å². The van der Waals surface area contributed by atoms with E-state index in [2.05, 4.69) is 0 Å². The number of ether oxygens (including phenoxy) is 7. The Labute approximate surface area is 201 Å². The SMILES string of the molecule is Cc1ccc(C(=O)OCOC(=O)c2ccc(C3OC4OC5C(CO)OC(C)OC5C4O3)cc2)cc1. The van der Waals surface area contributed by atoms with Gasteiger partial charge in [0.25, 0.3) is 0 Å². The van der Waals surface area contributed by atoms with Crippen molar-refractivity contribution >= 4 is 11.9 Å². The molecule has 2 aromatic rings.